The molecule has 0 aromatic heterocycles. The van der Waals surface area contributed by atoms with Crippen molar-refractivity contribution in [3.63, 3.8) is 0 Å². The molecule has 0 unspecified atom stereocenters. The first-order chi connectivity index (χ1) is 13.9. The fourth-order valence-electron chi connectivity index (χ4n) is 2.70. The zero-order valence-corrected chi connectivity index (χ0v) is 17.0. The third-order valence-corrected chi connectivity index (χ3v) is 6.17. The minimum absolute atomic E-state index is 0.137. The molecule has 3 aromatic rings. The predicted octanol–water partition coefficient (Wildman–Crippen LogP) is 3.84. The highest BCUT2D eigenvalue weighted by molar-refractivity contribution is 7.92. The monoisotopic (exact) mass is 410 g/mol. The highest BCUT2D eigenvalue weighted by Gasteiger charge is 2.21. The fraction of sp³-hybridized carbons (Fsp3) is 0.136. The van der Waals surface area contributed by atoms with Gasteiger partial charge in [0.1, 0.15) is 5.75 Å². The van der Waals surface area contributed by atoms with E-state index in [0.717, 1.165) is 5.56 Å². The normalized spacial score (nSPS) is 11.0. The molecule has 0 saturated carbocycles. The minimum Gasteiger partial charge on any atom is -0.483 e. The van der Waals surface area contributed by atoms with Crippen LogP contribution in [0.25, 0.3) is 0 Å². The summed E-state index contributed by atoms with van der Waals surface area (Å²) in [5.41, 5.74) is 2.00. The molecule has 0 atom stereocenters. The second-order valence-corrected chi connectivity index (χ2v) is 8.40. The number of rotatable bonds is 7. The molecule has 7 heteroatoms. The van der Waals surface area contributed by atoms with Crippen LogP contribution in [-0.2, 0) is 14.8 Å². The third kappa shape index (κ3) is 4.94. The van der Waals surface area contributed by atoms with Crippen LogP contribution in [0, 0.1) is 6.92 Å². The Kier molecular flexibility index (Phi) is 6.19. The Balaban J connectivity index is 1.64. The predicted molar refractivity (Wildman–Crippen MR) is 114 cm³/mol. The second kappa shape index (κ2) is 8.79. The molecule has 0 spiro atoms. The van der Waals surface area contributed by atoms with E-state index in [2.05, 4.69) is 5.32 Å². The zero-order valence-electron chi connectivity index (χ0n) is 16.2. The molecule has 0 radical (unpaired) electrons. The van der Waals surface area contributed by atoms with Crippen molar-refractivity contribution < 1.29 is 17.9 Å². The Morgan fingerprint density at radius 1 is 0.931 bits per heavy atom. The lowest BCUT2D eigenvalue weighted by molar-refractivity contribution is -0.118. The van der Waals surface area contributed by atoms with E-state index in [0.29, 0.717) is 17.1 Å². The summed E-state index contributed by atoms with van der Waals surface area (Å²) in [7, 11) is -2.19. The molecule has 29 heavy (non-hydrogen) atoms. The van der Waals surface area contributed by atoms with Crippen molar-refractivity contribution in [1.82, 2.24) is 0 Å². The molecule has 150 valence electrons. The molecule has 0 heterocycles. The molecular weight excluding hydrogens is 388 g/mol. The molecule has 0 aliphatic heterocycles. The Bertz CT molecular complexity index is 1080. The topological polar surface area (TPSA) is 75.7 Å². The lowest BCUT2D eigenvalue weighted by Gasteiger charge is -2.19. The van der Waals surface area contributed by atoms with Crippen LogP contribution in [-0.4, -0.2) is 28.0 Å². The molecule has 0 fully saturated rings. The Morgan fingerprint density at radius 3 is 2.21 bits per heavy atom. The number of nitrogens with zero attached hydrogens (tertiary/aromatic N) is 1. The SMILES string of the molecule is Cc1ccccc1OCC(=O)Nc1ccc(S(=O)(=O)N(C)c2ccccc2)cc1. The van der Waals surface area contributed by atoms with Crippen molar-refractivity contribution in [2.24, 2.45) is 0 Å². The van der Waals surface area contributed by atoms with E-state index in [1.165, 1.54) is 23.5 Å². The van der Waals surface area contributed by atoms with E-state index in [1.807, 2.05) is 31.2 Å². The standard InChI is InChI=1S/C22H22N2O4S/c1-17-8-6-7-11-21(17)28-16-22(25)23-18-12-14-20(15-13-18)29(26,27)24(2)19-9-4-3-5-10-19/h3-15H,16H2,1-2H3,(H,23,25). The first kappa shape index (κ1) is 20.4. The molecule has 0 aliphatic carbocycles. The summed E-state index contributed by atoms with van der Waals surface area (Å²) in [5.74, 6) is 0.318. The molecular formula is C22H22N2O4S. The number of carbonyl (C=O) groups is 1. The highest BCUT2D eigenvalue weighted by atomic mass is 32.2. The van der Waals surface area contributed by atoms with Gasteiger partial charge in [-0.25, -0.2) is 8.42 Å². The van der Waals surface area contributed by atoms with Crippen molar-refractivity contribution in [2.75, 3.05) is 23.3 Å². The average Bonchev–Trinajstić information content (AvgIpc) is 2.73. The molecule has 3 rings (SSSR count). The number of amides is 1. The number of para-hydroxylation sites is 2. The summed E-state index contributed by atoms with van der Waals surface area (Å²) in [4.78, 5) is 12.2. The summed E-state index contributed by atoms with van der Waals surface area (Å²) in [5, 5.41) is 2.70. The third-order valence-electron chi connectivity index (χ3n) is 4.37. The average molecular weight is 410 g/mol. The maximum Gasteiger partial charge on any atom is 0.264 e. The molecule has 0 bridgehead atoms. The number of hydrogen-bond donors (Lipinski definition) is 1. The van der Waals surface area contributed by atoms with E-state index in [9.17, 15) is 13.2 Å². The van der Waals surface area contributed by atoms with E-state index in [-0.39, 0.29) is 17.4 Å². The van der Waals surface area contributed by atoms with Crippen LogP contribution in [0.5, 0.6) is 5.75 Å². The van der Waals surface area contributed by atoms with Crippen molar-refractivity contribution in [3.8, 4) is 5.75 Å². The second-order valence-electron chi connectivity index (χ2n) is 6.43. The lowest BCUT2D eigenvalue weighted by atomic mass is 10.2. The van der Waals surface area contributed by atoms with Crippen molar-refractivity contribution in [2.45, 2.75) is 11.8 Å². The summed E-state index contributed by atoms with van der Waals surface area (Å²) in [6, 6.07) is 22.3. The van der Waals surface area contributed by atoms with Crippen LogP contribution >= 0.6 is 0 Å². The van der Waals surface area contributed by atoms with Crippen LogP contribution in [0.2, 0.25) is 0 Å². The summed E-state index contributed by atoms with van der Waals surface area (Å²) < 4.78 is 32.3. The van der Waals surface area contributed by atoms with Gasteiger partial charge in [-0.2, -0.15) is 0 Å². The minimum atomic E-state index is -3.69. The van der Waals surface area contributed by atoms with Gasteiger partial charge in [-0.15, -0.1) is 0 Å². The first-order valence-electron chi connectivity index (χ1n) is 9.00. The number of nitrogens with one attached hydrogen (secondary N) is 1. The van der Waals surface area contributed by atoms with Crippen molar-refractivity contribution in [3.05, 3.63) is 84.4 Å². The van der Waals surface area contributed by atoms with Gasteiger partial charge in [-0.3, -0.25) is 9.10 Å². The number of benzene rings is 3. The van der Waals surface area contributed by atoms with Crippen LogP contribution < -0.4 is 14.4 Å². The Hall–Kier alpha value is -3.32. The van der Waals surface area contributed by atoms with Gasteiger partial charge < -0.3 is 10.1 Å². The van der Waals surface area contributed by atoms with Gasteiger partial charge >= 0.3 is 0 Å². The van der Waals surface area contributed by atoms with Crippen LogP contribution in [0.3, 0.4) is 0 Å². The van der Waals surface area contributed by atoms with Crippen molar-refractivity contribution >= 4 is 27.3 Å². The number of carbonyl (C=O) groups excluding carboxylic acids is 1. The Labute approximate surface area is 170 Å². The van der Waals surface area contributed by atoms with E-state index < -0.39 is 10.0 Å². The molecule has 0 saturated heterocycles. The van der Waals surface area contributed by atoms with Crippen LogP contribution in [0.4, 0.5) is 11.4 Å². The Morgan fingerprint density at radius 2 is 1.55 bits per heavy atom. The van der Waals surface area contributed by atoms with Crippen LogP contribution in [0.1, 0.15) is 5.56 Å². The number of sulfonamides is 1. The van der Waals surface area contributed by atoms with E-state index >= 15 is 0 Å². The molecule has 0 aliphatic rings. The van der Waals surface area contributed by atoms with Crippen molar-refractivity contribution in [1.29, 1.82) is 0 Å². The first-order valence-corrected chi connectivity index (χ1v) is 10.4. The number of aryl methyl sites for hydroxylation is 1. The van der Waals surface area contributed by atoms with Gasteiger partial charge in [-0.1, -0.05) is 36.4 Å². The largest absolute Gasteiger partial charge is 0.483 e. The molecule has 6 nitrogen and oxygen atoms in total. The van der Waals surface area contributed by atoms with E-state index in [1.54, 1.807) is 42.5 Å². The van der Waals surface area contributed by atoms with Crippen LogP contribution in [0.15, 0.2) is 83.8 Å². The molecule has 3 aromatic carbocycles. The van der Waals surface area contributed by atoms with Gasteiger partial charge in [0.2, 0.25) is 0 Å². The number of hydrogen-bond acceptors (Lipinski definition) is 4. The molecule has 1 amide bonds. The maximum atomic E-state index is 12.8. The molecule has 1 N–H and O–H groups in total. The smallest absolute Gasteiger partial charge is 0.264 e. The number of anilines is 2. The maximum absolute atomic E-state index is 12.8. The van der Waals surface area contributed by atoms with Gasteiger partial charge in [0.05, 0.1) is 10.6 Å². The highest BCUT2D eigenvalue weighted by Crippen LogP contribution is 2.23. The number of ether oxygens (including phenoxy) is 1. The van der Waals surface area contributed by atoms with Gasteiger partial charge in [0, 0.05) is 12.7 Å². The summed E-state index contributed by atoms with van der Waals surface area (Å²) >= 11 is 0. The van der Waals surface area contributed by atoms with E-state index in [4.69, 9.17) is 4.74 Å². The lowest BCUT2D eigenvalue weighted by Crippen LogP contribution is -2.26. The van der Waals surface area contributed by atoms with Gasteiger partial charge in [0.25, 0.3) is 15.9 Å². The quantitative estimate of drug-likeness (QED) is 0.642. The van der Waals surface area contributed by atoms with Gasteiger partial charge in [0.15, 0.2) is 6.61 Å². The summed E-state index contributed by atoms with van der Waals surface area (Å²) in [6.45, 7) is 1.76. The fourth-order valence-corrected chi connectivity index (χ4v) is 3.90. The summed E-state index contributed by atoms with van der Waals surface area (Å²) in [6.07, 6.45) is 0. The van der Waals surface area contributed by atoms with Gasteiger partial charge in [-0.05, 0) is 55.0 Å². The zero-order chi connectivity index (χ0) is 20.9.